The largest absolute Gasteiger partial charge is 0.368 e. The highest BCUT2D eigenvalue weighted by molar-refractivity contribution is 5.82. The topological polar surface area (TPSA) is 31.7 Å². The minimum atomic E-state index is 1.12. The molecule has 1 aromatic carbocycles. The first-order chi connectivity index (χ1) is 5.93. The van der Waals surface area contributed by atoms with Crippen LogP contribution in [0.1, 0.15) is 0 Å². The fraction of sp³-hybridized carbons (Fsp3) is 0.222. The molecular weight excluding hydrogens is 150 g/mol. The zero-order valence-electron chi connectivity index (χ0n) is 6.62. The van der Waals surface area contributed by atoms with E-state index in [0.29, 0.717) is 0 Å². The SMILES string of the molecule is c1cc2cn[nH]c2cc1N1CC1. The molecule has 1 aliphatic rings. The van der Waals surface area contributed by atoms with Gasteiger partial charge in [-0.3, -0.25) is 5.10 Å². The van der Waals surface area contributed by atoms with Gasteiger partial charge in [0.1, 0.15) is 0 Å². The number of rotatable bonds is 1. The summed E-state index contributed by atoms with van der Waals surface area (Å²) in [6.07, 6.45) is 1.85. The molecule has 1 aromatic heterocycles. The maximum atomic E-state index is 3.98. The quantitative estimate of drug-likeness (QED) is 0.637. The summed E-state index contributed by atoms with van der Waals surface area (Å²) in [4.78, 5) is 2.32. The molecule has 0 saturated carbocycles. The average Bonchev–Trinajstić information content (AvgIpc) is 2.84. The van der Waals surface area contributed by atoms with Gasteiger partial charge in [-0.2, -0.15) is 5.10 Å². The second-order valence-corrected chi connectivity index (χ2v) is 3.13. The molecule has 3 rings (SSSR count). The lowest BCUT2D eigenvalue weighted by atomic mass is 10.2. The molecular formula is C9H9N3. The van der Waals surface area contributed by atoms with E-state index in [9.17, 15) is 0 Å². The van der Waals surface area contributed by atoms with Crippen molar-refractivity contribution < 1.29 is 0 Å². The number of aromatic nitrogens is 2. The molecule has 0 amide bonds. The monoisotopic (exact) mass is 159 g/mol. The van der Waals surface area contributed by atoms with Gasteiger partial charge in [0.25, 0.3) is 0 Å². The van der Waals surface area contributed by atoms with Crippen molar-refractivity contribution >= 4 is 16.6 Å². The number of benzene rings is 1. The number of H-pyrrole nitrogens is 1. The van der Waals surface area contributed by atoms with Crippen LogP contribution >= 0.6 is 0 Å². The zero-order chi connectivity index (χ0) is 7.97. The first kappa shape index (κ1) is 6.06. The van der Waals surface area contributed by atoms with Crippen LogP contribution in [0.4, 0.5) is 5.69 Å². The van der Waals surface area contributed by atoms with Crippen LogP contribution < -0.4 is 4.90 Å². The highest BCUT2D eigenvalue weighted by Gasteiger charge is 2.17. The van der Waals surface area contributed by atoms with Crippen molar-refractivity contribution in [2.75, 3.05) is 18.0 Å². The summed E-state index contributed by atoms with van der Waals surface area (Å²) in [5.41, 5.74) is 2.42. The Hall–Kier alpha value is -1.51. The second kappa shape index (κ2) is 2.00. The minimum absolute atomic E-state index is 1.12. The van der Waals surface area contributed by atoms with Gasteiger partial charge in [0.2, 0.25) is 0 Å². The molecule has 1 N–H and O–H groups in total. The Bertz CT molecular complexity index is 414. The lowest BCUT2D eigenvalue weighted by Crippen LogP contribution is -1.89. The fourth-order valence-corrected chi connectivity index (χ4v) is 1.43. The van der Waals surface area contributed by atoms with Crippen LogP contribution in [0.2, 0.25) is 0 Å². The third-order valence-electron chi connectivity index (χ3n) is 2.24. The van der Waals surface area contributed by atoms with Gasteiger partial charge in [-0.1, -0.05) is 0 Å². The zero-order valence-corrected chi connectivity index (χ0v) is 6.62. The molecule has 3 heteroatoms. The highest BCUT2D eigenvalue weighted by atomic mass is 15.3. The van der Waals surface area contributed by atoms with Gasteiger partial charge in [0, 0.05) is 24.2 Å². The summed E-state index contributed by atoms with van der Waals surface area (Å²) in [5.74, 6) is 0. The van der Waals surface area contributed by atoms with Crippen LogP contribution in [0.5, 0.6) is 0 Å². The first-order valence-electron chi connectivity index (χ1n) is 4.11. The Kier molecular flexibility index (Phi) is 1.01. The van der Waals surface area contributed by atoms with Crippen LogP contribution in [0.15, 0.2) is 24.4 Å². The highest BCUT2D eigenvalue weighted by Crippen LogP contribution is 2.24. The summed E-state index contributed by atoms with van der Waals surface area (Å²) >= 11 is 0. The van der Waals surface area contributed by atoms with E-state index in [4.69, 9.17) is 0 Å². The van der Waals surface area contributed by atoms with E-state index in [1.807, 2.05) is 6.20 Å². The van der Waals surface area contributed by atoms with Gasteiger partial charge < -0.3 is 4.90 Å². The molecule has 0 unspecified atom stereocenters. The van der Waals surface area contributed by atoms with Gasteiger partial charge in [-0.15, -0.1) is 0 Å². The van der Waals surface area contributed by atoms with Gasteiger partial charge >= 0.3 is 0 Å². The van der Waals surface area contributed by atoms with Crippen molar-refractivity contribution in [3.05, 3.63) is 24.4 Å². The van der Waals surface area contributed by atoms with E-state index in [0.717, 1.165) is 5.52 Å². The number of nitrogens with zero attached hydrogens (tertiary/aromatic N) is 2. The molecule has 0 spiro atoms. The molecule has 1 aliphatic heterocycles. The van der Waals surface area contributed by atoms with E-state index < -0.39 is 0 Å². The average molecular weight is 159 g/mol. The maximum Gasteiger partial charge on any atom is 0.0670 e. The van der Waals surface area contributed by atoms with Gasteiger partial charge in [0.05, 0.1) is 11.7 Å². The third kappa shape index (κ3) is 0.794. The van der Waals surface area contributed by atoms with E-state index in [1.54, 1.807) is 0 Å². The predicted octanol–water partition coefficient (Wildman–Crippen LogP) is 1.38. The summed E-state index contributed by atoms with van der Waals surface area (Å²) in [7, 11) is 0. The van der Waals surface area contributed by atoms with Gasteiger partial charge in [-0.05, 0) is 18.2 Å². The van der Waals surface area contributed by atoms with E-state index in [-0.39, 0.29) is 0 Å². The molecule has 1 saturated heterocycles. The number of hydrogen-bond donors (Lipinski definition) is 1. The molecule has 12 heavy (non-hydrogen) atoms. The van der Waals surface area contributed by atoms with Crippen LogP contribution in [0, 0.1) is 0 Å². The smallest absolute Gasteiger partial charge is 0.0670 e. The van der Waals surface area contributed by atoms with Crippen molar-refractivity contribution in [2.45, 2.75) is 0 Å². The number of nitrogens with one attached hydrogen (secondary N) is 1. The summed E-state index contributed by atoms with van der Waals surface area (Å²) < 4.78 is 0. The molecule has 1 fully saturated rings. The van der Waals surface area contributed by atoms with Crippen molar-refractivity contribution in [1.29, 1.82) is 0 Å². The van der Waals surface area contributed by atoms with Gasteiger partial charge in [-0.25, -0.2) is 0 Å². The maximum absolute atomic E-state index is 3.98. The molecule has 0 bridgehead atoms. The van der Waals surface area contributed by atoms with Crippen molar-refractivity contribution in [3.63, 3.8) is 0 Å². The second-order valence-electron chi connectivity index (χ2n) is 3.13. The Balaban J connectivity index is 2.21. The van der Waals surface area contributed by atoms with E-state index in [2.05, 4.69) is 33.3 Å². The number of hydrogen-bond acceptors (Lipinski definition) is 2. The van der Waals surface area contributed by atoms with E-state index in [1.165, 1.54) is 24.2 Å². The summed E-state index contributed by atoms with van der Waals surface area (Å²) in [6.45, 7) is 2.39. The van der Waals surface area contributed by atoms with Crippen molar-refractivity contribution in [1.82, 2.24) is 10.2 Å². The lowest BCUT2D eigenvalue weighted by molar-refractivity contribution is 1.12. The Morgan fingerprint density at radius 1 is 1.33 bits per heavy atom. The third-order valence-corrected chi connectivity index (χ3v) is 2.24. The predicted molar refractivity (Wildman–Crippen MR) is 48.3 cm³/mol. The number of anilines is 1. The van der Waals surface area contributed by atoms with Gasteiger partial charge in [0.15, 0.2) is 0 Å². The van der Waals surface area contributed by atoms with Crippen molar-refractivity contribution in [3.8, 4) is 0 Å². The number of fused-ring (bicyclic) bond motifs is 1. The molecule has 60 valence electrons. The standard InChI is InChI=1S/C9H9N3/c1-2-8(12-3-4-12)5-9-7(1)6-10-11-9/h1-2,5-6H,3-4H2,(H,10,11). The van der Waals surface area contributed by atoms with Crippen LogP contribution in [0.3, 0.4) is 0 Å². The number of aromatic amines is 1. The molecule has 0 radical (unpaired) electrons. The van der Waals surface area contributed by atoms with Crippen LogP contribution in [-0.2, 0) is 0 Å². The normalized spacial score (nSPS) is 15.5. The van der Waals surface area contributed by atoms with Crippen LogP contribution in [-0.4, -0.2) is 23.3 Å². The Morgan fingerprint density at radius 2 is 2.25 bits per heavy atom. The first-order valence-corrected chi connectivity index (χ1v) is 4.11. The molecule has 0 aliphatic carbocycles. The summed E-state index contributed by atoms with van der Waals surface area (Å²) in [6, 6.07) is 6.40. The lowest BCUT2D eigenvalue weighted by Gasteiger charge is -2.00. The fourth-order valence-electron chi connectivity index (χ4n) is 1.43. The molecule has 0 atom stereocenters. The Morgan fingerprint density at radius 3 is 3.08 bits per heavy atom. The van der Waals surface area contributed by atoms with Crippen molar-refractivity contribution in [2.24, 2.45) is 0 Å². The minimum Gasteiger partial charge on any atom is -0.368 e. The molecule has 2 aromatic rings. The summed E-state index contributed by atoms with van der Waals surface area (Å²) in [5, 5.41) is 8.13. The molecule has 2 heterocycles. The van der Waals surface area contributed by atoms with E-state index >= 15 is 0 Å². The Labute approximate surface area is 70.0 Å². The van der Waals surface area contributed by atoms with Crippen LogP contribution in [0.25, 0.3) is 10.9 Å². The molecule has 3 nitrogen and oxygen atoms in total.